The van der Waals surface area contributed by atoms with Crippen molar-refractivity contribution in [3.8, 4) is 11.5 Å². The van der Waals surface area contributed by atoms with Gasteiger partial charge in [-0.05, 0) is 31.4 Å². The lowest BCUT2D eigenvalue weighted by molar-refractivity contribution is 0.475. The summed E-state index contributed by atoms with van der Waals surface area (Å²) in [7, 11) is 0. The minimum Gasteiger partial charge on any atom is -0.330 e. The molecule has 0 aromatic carbocycles. The molecule has 1 aliphatic carbocycles. The molecular formula is C18H23N7. The molecule has 0 saturated heterocycles. The summed E-state index contributed by atoms with van der Waals surface area (Å²) < 4.78 is 6.48. The molecule has 0 spiro atoms. The molecule has 130 valence electrons. The fraction of sp³-hybridized carbons (Fsp3) is 0.500. The zero-order chi connectivity index (χ0) is 16.6. The number of aryl methyl sites for hydroxylation is 2. The largest absolute Gasteiger partial charge is 0.330 e. The number of imidazole rings is 1. The minimum atomic E-state index is 0.747. The van der Waals surface area contributed by atoms with E-state index in [-0.39, 0.29) is 0 Å². The van der Waals surface area contributed by atoms with E-state index in [1.54, 1.807) is 0 Å². The highest BCUT2D eigenvalue weighted by Gasteiger charge is 2.26. The van der Waals surface area contributed by atoms with Crippen molar-refractivity contribution >= 4 is 0 Å². The maximum atomic E-state index is 4.73. The van der Waals surface area contributed by atoms with Crippen molar-refractivity contribution in [1.29, 1.82) is 0 Å². The van der Waals surface area contributed by atoms with E-state index in [1.165, 1.54) is 24.2 Å². The average molecular weight is 337 g/mol. The second-order valence-corrected chi connectivity index (χ2v) is 6.97. The lowest BCUT2D eigenvalue weighted by Gasteiger charge is -2.13. The molecule has 2 aliphatic rings. The van der Waals surface area contributed by atoms with E-state index in [0.29, 0.717) is 0 Å². The Bertz CT molecular complexity index is 844. The number of rotatable bonds is 6. The molecule has 0 bridgehead atoms. The number of fused-ring (bicyclic) bond motifs is 1. The Morgan fingerprint density at radius 1 is 1.20 bits per heavy atom. The van der Waals surface area contributed by atoms with E-state index in [0.717, 1.165) is 56.6 Å². The van der Waals surface area contributed by atoms with Gasteiger partial charge in [-0.25, -0.2) is 4.98 Å². The highest BCUT2D eigenvalue weighted by molar-refractivity contribution is 5.50. The molecule has 1 saturated carbocycles. The molecule has 1 N–H and O–H groups in total. The van der Waals surface area contributed by atoms with E-state index < -0.39 is 0 Å². The van der Waals surface area contributed by atoms with Crippen molar-refractivity contribution in [2.45, 2.75) is 51.4 Å². The van der Waals surface area contributed by atoms with Crippen molar-refractivity contribution < 1.29 is 0 Å². The maximum Gasteiger partial charge on any atom is 0.160 e. The van der Waals surface area contributed by atoms with Crippen LogP contribution in [0.3, 0.4) is 0 Å². The smallest absolute Gasteiger partial charge is 0.160 e. The van der Waals surface area contributed by atoms with Crippen molar-refractivity contribution in [2.24, 2.45) is 0 Å². The zero-order valence-corrected chi connectivity index (χ0v) is 14.3. The molecule has 0 amide bonds. The Kier molecular flexibility index (Phi) is 3.66. The van der Waals surface area contributed by atoms with Crippen LogP contribution in [0.15, 0.2) is 30.7 Å². The number of nitrogens with one attached hydrogen (secondary N) is 1. The van der Waals surface area contributed by atoms with E-state index in [1.807, 2.05) is 12.4 Å². The topological polar surface area (TPSA) is 65.5 Å². The lowest BCUT2D eigenvalue weighted by atomic mass is 10.3. The molecule has 5 rings (SSSR count). The fourth-order valence-corrected chi connectivity index (χ4v) is 3.67. The second-order valence-electron chi connectivity index (χ2n) is 6.97. The first-order chi connectivity index (χ1) is 12.4. The third kappa shape index (κ3) is 2.89. The van der Waals surface area contributed by atoms with Crippen LogP contribution >= 0.6 is 0 Å². The minimum absolute atomic E-state index is 0.747. The Morgan fingerprint density at radius 2 is 2.16 bits per heavy atom. The summed E-state index contributed by atoms with van der Waals surface area (Å²) in [5.41, 5.74) is 3.61. The van der Waals surface area contributed by atoms with Crippen molar-refractivity contribution in [3.05, 3.63) is 42.1 Å². The van der Waals surface area contributed by atoms with Crippen LogP contribution in [-0.4, -0.2) is 35.7 Å². The van der Waals surface area contributed by atoms with Gasteiger partial charge < -0.3 is 9.88 Å². The molecule has 4 heterocycles. The predicted molar refractivity (Wildman–Crippen MR) is 94.0 cm³/mol. The van der Waals surface area contributed by atoms with Crippen LogP contribution < -0.4 is 5.32 Å². The lowest BCUT2D eigenvalue weighted by Crippen LogP contribution is -2.28. The zero-order valence-electron chi connectivity index (χ0n) is 14.3. The summed E-state index contributed by atoms with van der Waals surface area (Å²) in [5.74, 6) is 1.71. The van der Waals surface area contributed by atoms with Gasteiger partial charge in [0.05, 0.1) is 12.2 Å². The van der Waals surface area contributed by atoms with Crippen molar-refractivity contribution in [3.63, 3.8) is 0 Å². The monoisotopic (exact) mass is 337 g/mol. The summed E-state index contributed by atoms with van der Waals surface area (Å²) in [6.07, 6.45) is 9.53. The normalized spacial score (nSPS) is 17.0. The first kappa shape index (κ1) is 14.9. The van der Waals surface area contributed by atoms with Gasteiger partial charge in [0.25, 0.3) is 0 Å². The van der Waals surface area contributed by atoms with Gasteiger partial charge >= 0.3 is 0 Å². The van der Waals surface area contributed by atoms with Gasteiger partial charge in [-0.2, -0.15) is 10.2 Å². The Balaban J connectivity index is 1.28. The van der Waals surface area contributed by atoms with Gasteiger partial charge in [-0.15, -0.1) is 0 Å². The summed E-state index contributed by atoms with van der Waals surface area (Å²) in [6.45, 7) is 4.69. The number of hydrogen-bond donors (Lipinski definition) is 1. The van der Waals surface area contributed by atoms with Crippen LogP contribution in [0.25, 0.3) is 11.5 Å². The molecule has 0 unspecified atom stereocenters. The highest BCUT2D eigenvalue weighted by Crippen LogP contribution is 2.39. The van der Waals surface area contributed by atoms with Crippen LogP contribution in [-0.2, 0) is 26.2 Å². The third-order valence-corrected chi connectivity index (χ3v) is 5.13. The van der Waals surface area contributed by atoms with E-state index in [2.05, 4.69) is 47.7 Å². The summed E-state index contributed by atoms with van der Waals surface area (Å²) in [4.78, 5) is 4.55. The summed E-state index contributed by atoms with van der Waals surface area (Å²) in [5, 5.41) is 12.6. The first-order valence-electron chi connectivity index (χ1n) is 9.19. The Morgan fingerprint density at radius 3 is 3.04 bits per heavy atom. The maximum absolute atomic E-state index is 4.73. The van der Waals surface area contributed by atoms with Gasteiger partial charge in [0.15, 0.2) is 5.82 Å². The molecule has 3 aromatic heterocycles. The first-order valence-corrected chi connectivity index (χ1v) is 9.19. The van der Waals surface area contributed by atoms with Crippen LogP contribution in [0.4, 0.5) is 0 Å². The number of hydrogen-bond acceptors (Lipinski definition) is 4. The quantitative estimate of drug-likeness (QED) is 0.747. The van der Waals surface area contributed by atoms with E-state index in [4.69, 9.17) is 5.10 Å². The summed E-state index contributed by atoms with van der Waals surface area (Å²) in [6, 6.07) is 4.33. The molecule has 0 radical (unpaired) electrons. The molecule has 3 aromatic rings. The Hall–Kier alpha value is -2.41. The Labute approximate surface area is 146 Å². The van der Waals surface area contributed by atoms with Crippen molar-refractivity contribution in [2.75, 3.05) is 6.54 Å². The molecule has 7 heteroatoms. The van der Waals surface area contributed by atoms with Gasteiger partial charge in [-0.1, -0.05) is 0 Å². The van der Waals surface area contributed by atoms with Crippen LogP contribution in [0, 0.1) is 0 Å². The van der Waals surface area contributed by atoms with E-state index >= 15 is 0 Å². The van der Waals surface area contributed by atoms with Gasteiger partial charge in [0.2, 0.25) is 0 Å². The van der Waals surface area contributed by atoms with Gasteiger partial charge in [-0.3, -0.25) is 9.36 Å². The van der Waals surface area contributed by atoms with Crippen LogP contribution in [0.2, 0.25) is 0 Å². The second kappa shape index (κ2) is 6.15. The molecule has 1 fully saturated rings. The van der Waals surface area contributed by atoms with Gasteiger partial charge in [0.1, 0.15) is 5.69 Å². The molecule has 0 atom stereocenters. The van der Waals surface area contributed by atoms with Crippen LogP contribution in [0.5, 0.6) is 0 Å². The predicted octanol–water partition coefficient (Wildman–Crippen LogP) is 2.01. The number of aromatic nitrogens is 6. The van der Waals surface area contributed by atoms with Crippen LogP contribution in [0.1, 0.15) is 36.6 Å². The van der Waals surface area contributed by atoms with Gasteiger partial charge in [0, 0.05) is 56.4 Å². The van der Waals surface area contributed by atoms with Crippen molar-refractivity contribution in [1.82, 2.24) is 34.4 Å². The highest BCUT2D eigenvalue weighted by atomic mass is 15.3. The standard InChI is InChI=1S/C18H23N7/c1(9-25-17(4-5-21-25)14-2-3-14)8-23-10-7-20-18(23)16-12-15-13-19-6-11-24(15)22-16/h4-5,7,10,12,14,19H,1-3,6,8-9,11,13H2. The molecule has 7 nitrogen and oxygen atoms in total. The molecular weight excluding hydrogens is 314 g/mol. The SMILES string of the molecule is c1cn(CCCn2nccc2C2CC2)c(-c2cc3n(n2)CCNC3)n1. The average Bonchev–Trinajstić information content (AvgIpc) is 3.04. The number of nitrogens with zero attached hydrogens (tertiary/aromatic N) is 6. The molecule has 25 heavy (non-hydrogen) atoms. The fourth-order valence-electron chi connectivity index (χ4n) is 3.67. The van der Waals surface area contributed by atoms with E-state index in [9.17, 15) is 0 Å². The third-order valence-electron chi connectivity index (χ3n) is 5.13. The molecule has 1 aliphatic heterocycles. The summed E-state index contributed by atoms with van der Waals surface area (Å²) >= 11 is 0.